The lowest BCUT2D eigenvalue weighted by Crippen LogP contribution is -2.45. The monoisotopic (exact) mass is 203 g/mol. The molecule has 4 heteroatoms. The summed E-state index contributed by atoms with van der Waals surface area (Å²) < 4.78 is 11.4. The van der Waals surface area contributed by atoms with Crippen LogP contribution in [0.4, 0.5) is 0 Å². The van der Waals surface area contributed by atoms with Crippen molar-refractivity contribution in [2.45, 2.75) is 51.1 Å². The zero-order valence-corrected chi connectivity index (χ0v) is 9.03. The van der Waals surface area contributed by atoms with Gasteiger partial charge in [0.25, 0.3) is 0 Å². The predicted molar refractivity (Wildman–Crippen MR) is 53.8 cm³/mol. The summed E-state index contributed by atoms with van der Waals surface area (Å²) in [4.78, 5) is 0. The zero-order valence-electron chi connectivity index (χ0n) is 9.03. The third-order valence-electron chi connectivity index (χ3n) is 2.37. The molecule has 0 bridgehead atoms. The molecule has 0 aromatic heterocycles. The maximum absolute atomic E-state index is 8.86. The molecule has 1 heterocycles. The minimum absolute atomic E-state index is 0.0975. The van der Waals surface area contributed by atoms with Crippen molar-refractivity contribution in [2.75, 3.05) is 13.2 Å². The van der Waals surface area contributed by atoms with Gasteiger partial charge in [0.2, 0.25) is 0 Å². The summed E-state index contributed by atoms with van der Waals surface area (Å²) in [6, 6.07) is 0. The fourth-order valence-corrected chi connectivity index (χ4v) is 1.90. The van der Waals surface area contributed by atoms with Crippen LogP contribution in [0.5, 0.6) is 0 Å². The van der Waals surface area contributed by atoms with E-state index in [0.29, 0.717) is 13.0 Å². The Bertz CT molecular complexity index is 157. The molecule has 0 spiro atoms. The van der Waals surface area contributed by atoms with Crippen LogP contribution in [0.15, 0.2) is 0 Å². The lowest BCUT2D eigenvalue weighted by atomic mass is 10.0. The molecule has 2 unspecified atom stereocenters. The van der Waals surface area contributed by atoms with Crippen molar-refractivity contribution in [3.8, 4) is 0 Å². The smallest absolute Gasteiger partial charge is 0.163 e. The van der Waals surface area contributed by atoms with E-state index in [0.717, 1.165) is 12.8 Å². The molecule has 0 aromatic carbocycles. The number of rotatable bonds is 4. The number of aliphatic hydroxyl groups is 1. The van der Waals surface area contributed by atoms with Gasteiger partial charge in [-0.2, -0.15) is 0 Å². The first-order chi connectivity index (χ1) is 6.57. The van der Waals surface area contributed by atoms with Crippen molar-refractivity contribution in [3.63, 3.8) is 0 Å². The van der Waals surface area contributed by atoms with Crippen LogP contribution in [-0.4, -0.2) is 36.3 Å². The molecule has 0 amide bonds. The fraction of sp³-hybridized carbons (Fsp3) is 1.00. The first kappa shape index (κ1) is 11.9. The molecule has 0 saturated carbocycles. The van der Waals surface area contributed by atoms with Gasteiger partial charge in [-0.15, -0.1) is 0 Å². The standard InChI is InChI=1S/C10H21NO3/c1-10(2)13-8(3-5-11)7-9(14-10)4-6-12/h8-9,12H,3-7,11H2,1-2H3. The molecule has 1 fully saturated rings. The summed E-state index contributed by atoms with van der Waals surface area (Å²) in [5.74, 6) is -0.544. The van der Waals surface area contributed by atoms with E-state index < -0.39 is 5.79 Å². The minimum atomic E-state index is -0.544. The van der Waals surface area contributed by atoms with E-state index in [1.54, 1.807) is 0 Å². The number of nitrogens with two attached hydrogens (primary N) is 1. The molecular formula is C10H21NO3. The number of aliphatic hydroxyl groups excluding tert-OH is 1. The predicted octanol–water partition coefficient (Wildman–Crippen LogP) is 0.628. The second-order valence-electron chi connectivity index (χ2n) is 4.20. The van der Waals surface area contributed by atoms with Gasteiger partial charge in [0, 0.05) is 13.0 Å². The van der Waals surface area contributed by atoms with Crippen molar-refractivity contribution in [2.24, 2.45) is 5.73 Å². The van der Waals surface area contributed by atoms with Gasteiger partial charge in [-0.25, -0.2) is 0 Å². The summed E-state index contributed by atoms with van der Waals surface area (Å²) >= 11 is 0. The maximum atomic E-state index is 8.86. The van der Waals surface area contributed by atoms with Gasteiger partial charge in [-0.3, -0.25) is 0 Å². The van der Waals surface area contributed by atoms with E-state index in [4.69, 9.17) is 20.3 Å². The van der Waals surface area contributed by atoms with Crippen LogP contribution in [0, 0.1) is 0 Å². The van der Waals surface area contributed by atoms with Gasteiger partial charge in [0.1, 0.15) is 0 Å². The Morgan fingerprint density at radius 2 is 1.86 bits per heavy atom. The number of hydrogen-bond donors (Lipinski definition) is 2. The van der Waals surface area contributed by atoms with Gasteiger partial charge in [-0.05, 0) is 33.2 Å². The average molecular weight is 203 g/mol. The Morgan fingerprint density at radius 3 is 2.36 bits per heavy atom. The summed E-state index contributed by atoms with van der Waals surface area (Å²) in [5.41, 5.74) is 5.50. The van der Waals surface area contributed by atoms with E-state index in [1.165, 1.54) is 0 Å². The van der Waals surface area contributed by atoms with Crippen LogP contribution >= 0.6 is 0 Å². The van der Waals surface area contributed by atoms with Crippen molar-refractivity contribution in [1.29, 1.82) is 0 Å². The van der Waals surface area contributed by atoms with Crippen LogP contribution in [0.3, 0.4) is 0 Å². The van der Waals surface area contributed by atoms with Gasteiger partial charge >= 0.3 is 0 Å². The normalized spacial score (nSPS) is 31.7. The lowest BCUT2D eigenvalue weighted by Gasteiger charge is -2.40. The first-order valence-electron chi connectivity index (χ1n) is 5.24. The van der Waals surface area contributed by atoms with Crippen molar-refractivity contribution < 1.29 is 14.6 Å². The molecule has 1 aliphatic heterocycles. The second kappa shape index (κ2) is 5.07. The Hall–Kier alpha value is -0.160. The summed E-state index contributed by atoms with van der Waals surface area (Å²) in [5, 5.41) is 8.86. The van der Waals surface area contributed by atoms with Gasteiger partial charge < -0.3 is 20.3 Å². The molecule has 0 aromatic rings. The SMILES string of the molecule is CC1(C)OC(CCN)CC(CCO)O1. The van der Waals surface area contributed by atoms with Gasteiger partial charge in [0.05, 0.1) is 12.2 Å². The molecule has 0 aliphatic carbocycles. The van der Waals surface area contributed by atoms with Crippen LogP contribution < -0.4 is 5.73 Å². The maximum Gasteiger partial charge on any atom is 0.163 e. The number of hydrogen-bond acceptors (Lipinski definition) is 4. The van der Waals surface area contributed by atoms with E-state index in [9.17, 15) is 0 Å². The van der Waals surface area contributed by atoms with Crippen LogP contribution in [-0.2, 0) is 9.47 Å². The molecule has 1 aliphatic rings. The molecule has 2 atom stereocenters. The largest absolute Gasteiger partial charge is 0.396 e. The van der Waals surface area contributed by atoms with E-state index in [1.807, 2.05) is 13.8 Å². The number of ether oxygens (including phenoxy) is 2. The second-order valence-corrected chi connectivity index (χ2v) is 4.20. The quantitative estimate of drug-likeness (QED) is 0.703. The Kier molecular flexibility index (Phi) is 4.31. The lowest BCUT2D eigenvalue weighted by molar-refractivity contribution is -0.301. The third-order valence-corrected chi connectivity index (χ3v) is 2.37. The zero-order chi connectivity index (χ0) is 10.6. The van der Waals surface area contributed by atoms with Crippen molar-refractivity contribution >= 4 is 0 Å². The van der Waals surface area contributed by atoms with Crippen LogP contribution in [0.2, 0.25) is 0 Å². The molecule has 1 rings (SSSR count). The Morgan fingerprint density at radius 1 is 1.29 bits per heavy atom. The highest BCUT2D eigenvalue weighted by atomic mass is 16.7. The topological polar surface area (TPSA) is 64.7 Å². The molecule has 4 nitrogen and oxygen atoms in total. The Labute approximate surface area is 85.4 Å². The van der Waals surface area contributed by atoms with Crippen molar-refractivity contribution in [3.05, 3.63) is 0 Å². The summed E-state index contributed by atoms with van der Waals surface area (Å²) in [7, 11) is 0. The molecule has 14 heavy (non-hydrogen) atoms. The minimum Gasteiger partial charge on any atom is -0.396 e. The highest BCUT2D eigenvalue weighted by Crippen LogP contribution is 2.29. The molecule has 1 saturated heterocycles. The summed E-state index contributed by atoms with van der Waals surface area (Å²) in [6.45, 7) is 4.60. The average Bonchev–Trinajstić information content (AvgIpc) is 2.01. The fourth-order valence-electron chi connectivity index (χ4n) is 1.90. The van der Waals surface area contributed by atoms with Crippen LogP contribution in [0.25, 0.3) is 0 Å². The van der Waals surface area contributed by atoms with Crippen molar-refractivity contribution in [1.82, 2.24) is 0 Å². The highest BCUT2D eigenvalue weighted by molar-refractivity contribution is 4.76. The van der Waals surface area contributed by atoms with E-state index in [-0.39, 0.29) is 18.8 Å². The van der Waals surface area contributed by atoms with E-state index in [2.05, 4.69) is 0 Å². The Balaban J connectivity index is 2.48. The molecule has 0 radical (unpaired) electrons. The molecular weight excluding hydrogens is 182 g/mol. The van der Waals surface area contributed by atoms with E-state index >= 15 is 0 Å². The van der Waals surface area contributed by atoms with Gasteiger partial charge in [-0.1, -0.05) is 0 Å². The highest BCUT2D eigenvalue weighted by Gasteiger charge is 2.34. The van der Waals surface area contributed by atoms with Gasteiger partial charge in [0.15, 0.2) is 5.79 Å². The first-order valence-corrected chi connectivity index (χ1v) is 5.24. The van der Waals surface area contributed by atoms with Crippen LogP contribution in [0.1, 0.15) is 33.1 Å². The molecule has 3 N–H and O–H groups in total. The molecule has 84 valence electrons. The summed E-state index contributed by atoms with van der Waals surface area (Å²) in [6.07, 6.45) is 2.63. The third kappa shape index (κ3) is 3.53.